The van der Waals surface area contributed by atoms with E-state index in [2.05, 4.69) is 161 Å². The Labute approximate surface area is 416 Å². The lowest BCUT2D eigenvalue weighted by atomic mass is 9.86. The van der Waals surface area contributed by atoms with Crippen molar-refractivity contribution >= 4 is 11.1 Å². The zero-order valence-electron chi connectivity index (χ0n) is 41.3. The second-order valence-corrected chi connectivity index (χ2v) is 18.6. The van der Waals surface area contributed by atoms with Gasteiger partial charge in [0, 0.05) is 13.1 Å². The Morgan fingerprint density at radius 1 is 0.400 bits per heavy atom. The molecule has 4 aromatic carbocycles. The number of benzene rings is 4. The van der Waals surface area contributed by atoms with Crippen LogP contribution in [0.4, 0.5) is 0 Å². The van der Waals surface area contributed by atoms with E-state index in [9.17, 15) is 0 Å². The van der Waals surface area contributed by atoms with Crippen LogP contribution in [0, 0.1) is 0 Å². The van der Waals surface area contributed by atoms with Gasteiger partial charge in [0.2, 0.25) is 0 Å². The predicted octanol–water partition coefficient (Wildman–Crippen LogP) is 7.15. The van der Waals surface area contributed by atoms with E-state index >= 15 is 0 Å². The van der Waals surface area contributed by atoms with Crippen molar-refractivity contribution in [3.8, 4) is 11.5 Å². The SMILES string of the molecule is c1ccc(C(=C(c2ccc(OCc3cn(CCCN4CCCNCCCNCCC4)nn3)cc2)c2ccc(OCc3cn(CCCN4CCCNCCCNCCC4)nn3)cc2)c2ccccc2)cc1. The molecule has 14 nitrogen and oxygen atoms in total. The summed E-state index contributed by atoms with van der Waals surface area (Å²) in [6, 6.07) is 38.1. The third-order valence-electron chi connectivity index (χ3n) is 13.1. The van der Waals surface area contributed by atoms with Gasteiger partial charge in [-0.15, -0.1) is 10.2 Å². The quantitative estimate of drug-likeness (QED) is 0.0653. The molecule has 4 heterocycles. The highest BCUT2D eigenvalue weighted by Gasteiger charge is 2.18. The normalized spacial score (nSPS) is 16.5. The van der Waals surface area contributed by atoms with E-state index in [1.165, 1.54) is 38.5 Å². The molecule has 0 radical (unpaired) electrons. The van der Waals surface area contributed by atoms with Crippen molar-refractivity contribution in [3.63, 3.8) is 0 Å². The Hall–Kier alpha value is -5.74. The molecule has 4 N–H and O–H groups in total. The van der Waals surface area contributed by atoms with Crippen LogP contribution in [0.5, 0.6) is 11.5 Å². The molecule has 2 fully saturated rings. The highest BCUT2D eigenvalue weighted by atomic mass is 16.5. The van der Waals surface area contributed by atoms with E-state index in [0.29, 0.717) is 13.2 Å². The minimum Gasteiger partial charge on any atom is -0.487 e. The smallest absolute Gasteiger partial charge is 0.134 e. The number of nitrogens with one attached hydrogen (secondary N) is 4. The van der Waals surface area contributed by atoms with Crippen LogP contribution in [0.3, 0.4) is 0 Å². The Morgan fingerprint density at radius 2 is 0.743 bits per heavy atom. The van der Waals surface area contributed by atoms with Crippen molar-refractivity contribution in [2.24, 2.45) is 0 Å². The topological polar surface area (TPSA) is 134 Å². The summed E-state index contributed by atoms with van der Waals surface area (Å²) < 4.78 is 16.5. The second kappa shape index (κ2) is 28.8. The fraction of sp³-hybridized carbons (Fsp3) is 0.464. The van der Waals surface area contributed by atoms with Crippen LogP contribution in [0.25, 0.3) is 11.1 Å². The van der Waals surface area contributed by atoms with Crippen molar-refractivity contribution in [3.05, 3.63) is 155 Å². The first-order valence-electron chi connectivity index (χ1n) is 26.1. The number of nitrogens with zero attached hydrogens (tertiary/aromatic N) is 8. The molecule has 14 heteroatoms. The maximum Gasteiger partial charge on any atom is 0.134 e. The molecule has 2 saturated heterocycles. The Kier molecular flexibility index (Phi) is 20.8. The summed E-state index contributed by atoms with van der Waals surface area (Å²) in [5.41, 5.74) is 8.32. The van der Waals surface area contributed by atoms with Crippen molar-refractivity contribution in [2.45, 2.75) is 77.7 Å². The summed E-state index contributed by atoms with van der Waals surface area (Å²) in [6.45, 7) is 17.7. The van der Waals surface area contributed by atoms with Crippen LogP contribution in [0.2, 0.25) is 0 Å². The van der Waals surface area contributed by atoms with Crippen molar-refractivity contribution in [2.75, 3.05) is 91.6 Å². The molecule has 6 aromatic rings. The monoisotopic (exact) mass is 949 g/mol. The first kappa shape index (κ1) is 50.6. The summed E-state index contributed by atoms with van der Waals surface area (Å²) in [5, 5.41) is 32.1. The Bertz CT molecular complexity index is 2200. The van der Waals surface area contributed by atoms with Gasteiger partial charge in [0.25, 0.3) is 0 Å². The zero-order chi connectivity index (χ0) is 47.7. The van der Waals surface area contributed by atoms with Crippen LogP contribution in [0.15, 0.2) is 122 Å². The molecule has 2 aliphatic rings. The van der Waals surface area contributed by atoms with Crippen molar-refractivity contribution in [1.29, 1.82) is 0 Å². The average Bonchev–Trinajstić information content (AvgIpc) is 4.06. The van der Waals surface area contributed by atoms with Gasteiger partial charge in [-0.2, -0.15) is 0 Å². The van der Waals surface area contributed by atoms with Gasteiger partial charge in [0.1, 0.15) is 36.1 Å². The molecule has 8 rings (SSSR count). The van der Waals surface area contributed by atoms with Crippen molar-refractivity contribution in [1.82, 2.24) is 61.1 Å². The molecule has 70 heavy (non-hydrogen) atoms. The van der Waals surface area contributed by atoms with E-state index in [1.54, 1.807) is 0 Å². The number of rotatable bonds is 18. The first-order chi connectivity index (χ1) is 34.7. The summed E-state index contributed by atoms with van der Waals surface area (Å²) in [6.07, 6.45) is 13.2. The van der Waals surface area contributed by atoms with Gasteiger partial charge < -0.3 is 40.5 Å². The number of hydrogen-bond acceptors (Lipinski definition) is 12. The van der Waals surface area contributed by atoms with Crippen LogP contribution < -0.4 is 30.7 Å². The average molecular weight is 949 g/mol. The zero-order valence-corrected chi connectivity index (χ0v) is 41.3. The van der Waals surface area contributed by atoms with Crippen LogP contribution >= 0.6 is 0 Å². The van der Waals surface area contributed by atoms with Gasteiger partial charge in [-0.05, 0) is 201 Å². The van der Waals surface area contributed by atoms with Gasteiger partial charge in [0.05, 0.1) is 12.4 Å². The molecule has 0 unspecified atom stereocenters. The molecule has 0 aliphatic carbocycles. The minimum absolute atomic E-state index is 0.348. The van der Waals surface area contributed by atoms with E-state index in [0.717, 1.165) is 174 Å². The summed E-state index contributed by atoms with van der Waals surface area (Å²) >= 11 is 0. The van der Waals surface area contributed by atoms with Gasteiger partial charge in [0.15, 0.2) is 0 Å². The number of aromatic nitrogens is 6. The third kappa shape index (κ3) is 16.7. The van der Waals surface area contributed by atoms with E-state index in [1.807, 2.05) is 21.8 Å². The predicted molar refractivity (Wildman–Crippen MR) is 281 cm³/mol. The third-order valence-corrected chi connectivity index (χ3v) is 13.1. The van der Waals surface area contributed by atoms with Gasteiger partial charge in [-0.25, -0.2) is 0 Å². The number of aryl methyl sites for hydroxylation is 2. The molecular weight excluding hydrogens is 873 g/mol. The van der Waals surface area contributed by atoms with E-state index in [4.69, 9.17) is 9.47 Å². The molecule has 0 atom stereocenters. The molecule has 2 aromatic heterocycles. The molecule has 0 spiro atoms. The molecular formula is C56H76N12O2. The Morgan fingerprint density at radius 3 is 1.11 bits per heavy atom. The summed E-state index contributed by atoms with van der Waals surface area (Å²) in [5.74, 6) is 1.55. The molecule has 372 valence electrons. The van der Waals surface area contributed by atoms with Crippen molar-refractivity contribution < 1.29 is 9.47 Å². The molecule has 2 aliphatic heterocycles. The number of hydrogen-bond donors (Lipinski definition) is 4. The summed E-state index contributed by atoms with van der Waals surface area (Å²) in [4.78, 5) is 5.19. The minimum atomic E-state index is 0.348. The maximum atomic E-state index is 6.30. The van der Waals surface area contributed by atoms with E-state index < -0.39 is 0 Å². The standard InChI is InChI=1S/C56H76N12O2/c1-3-15-47(16-4-1)55(48-17-5-2-6-18-48)56(49-19-23-53(24-20-49)69-45-51-43-67(63-61-51)41-13-39-65-35-9-31-57-27-7-28-58-32-10-36-65)50-21-25-54(26-22-50)70-46-52-44-68(64-62-52)42-14-40-66-37-11-33-59-29-8-30-60-34-12-38-66/h1-6,15-26,43-44,57-60H,7-14,27-42,45-46H2. The highest BCUT2D eigenvalue weighted by Crippen LogP contribution is 2.38. The molecule has 0 bridgehead atoms. The second-order valence-electron chi connectivity index (χ2n) is 18.6. The maximum absolute atomic E-state index is 6.30. The fourth-order valence-corrected chi connectivity index (χ4v) is 9.37. The summed E-state index contributed by atoms with van der Waals surface area (Å²) in [7, 11) is 0. The van der Waals surface area contributed by atoms with Gasteiger partial charge in [-0.1, -0.05) is 95.4 Å². The molecule has 0 saturated carbocycles. The fourth-order valence-electron chi connectivity index (χ4n) is 9.37. The lowest BCUT2D eigenvalue weighted by Gasteiger charge is -2.23. The highest BCUT2D eigenvalue weighted by molar-refractivity contribution is 6.04. The molecule has 0 amide bonds. The first-order valence-corrected chi connectivity index (χ1v) is 26.1. The lowest BCUT2D eigenvalue weighted by Crippen LogP contribution is -2.33. The lowest BCUT2D eigenvalue weighted by molar-refractivity contribution is 0.253. The van der Waals surface area contributed by atoms with Gasteiger partial charge in [-0.3, -0.25) is 9.36 Å². The Balaban J connectivity index is 0.885. The largest absolute Gasteiger partial charge is 0.487 e. The van der Waals surface area contributed by atoms with Gasteiger partial charge >= 0.3 is 0 Å². The van der Waals surface area contributed by atoms with Crippen LogP contribution in [-0.4, -0.2) is 131 Å². The van der Waals surface area contributed by atoms with E-state index in [-0.39, 0.29) is 0 Å². The van der Waals surface area contributed by atoms with Crippen LogP contribution in [0.1, 0.15) is 85.0 Å². The van der Waals surface area contributed by atoms with Crippen LogP contribution in [-0.2, 0) is 26.3 Å². The number of ether oxygens (including phenoxy) is 2.